The van der Waals surface area contributed by atoms with E-state index in [2.05, 4.69) is 17.2 Å². The molecule has 0 aliphatic heterocycles. The third-order valence-electron chi connectivity index (χ3n) is 3.24. The molecule has 0 spiro atoms. The molecule has 0 saturated heterocycles. The molecular weight excluding hydrogens is 285 g/mol. The summed E-state index contributed by atoms with van der Waals surface area (Å²) in [4.78, 5) is 6.31. The predicted octanol–water partition coefficient (Wildman–Crippen LogP) is 3.73. The van der Waals surface area contributed by atoms with Gasteiger partial charge in [0.25, 0.3) is 0 Å². The van der Waals surface area contributed by atoms with Crippen molar-refractivity contribution in [3.05, 3.63) is 45.7 Å². The summed E-state index contributed by atoms with van der Waals surface area (Å²) in [6.45, 7) is 6.37. The van der Waals surface area contributed by atoms with Gasteiger partial charge in [-0.25, -0.2) is 9.37 Å². The van der Waals surface area contributed by atoms with Crippen molar-refractivity contribution >= 4 is 17.0 Å². The number of hydrogen-bond acceptors (Lipinski definition) is 4. The van der Waals surface area contributed by atoms with Crippen molar-refractivity contribution in [3.63, 3.8) is 0 Å². The average Bonchev–Trinajstić information content (AvgIpc) is 2.84. The van der Waals surface area contributed by atoms with Crippen LogP contribution in [0.3, 0.4) is 0 Å². The van der Waals surface area contributed by atoms with Gasteiger partial charge in [-0.1, -0.05) is 13.0 Å². The summed E-state index contributed by atoms with van der Waals surface area (Å²) in [5, 5.41) is 6.34. The SMILES string of the molecule is CCCNCc1ccc(N(C)Cc2csc(C)n2)c(F)c1. The number of halogens is 1. The first kappa shape index (κ1) is 15.9. The van der Waals surface area contributed by atoms with E-state index in [1.165, 1.54) is 0 Å². The van der Waals surface area contributed by atoms with Gasteiger partial charge in [-0.15, -0.1) is 11.3 Å². The summed E-state index contributed by atoms with van der Waals surface area (Å²) in [7, 11) is 1.89. The molecule has 2 aromatic rings. The lowest BCUT2D eigenvalue weighted by atomic mass is 10.2. The second-order valence-corrected chi connectivity index (χ2v) is 6.24. The van der Waals surface area contributed by atoms with Crippen LogP contribution in [-0.4, -0.2) is 18.6 Å². The van der Waals surface area contributed by atoms with Crippen LogP contribution < -0.4 is 10.2 Å². The van der Waals surface area contributed by atoms with Crippen LogP contribution in [0.2, 0.25) is 0 Å². The Labute approximate surface area is 129 Å². The second-order valence-electron chi connectivity index (χ2n) is 5.18. The zero-order valence-corrected chi connectivity index (χ0v) is 13.6. The van der Waals surface area contributed by atoms with Gasteiger partial charge in [0.15, 0.2) is 0 Å². The van der Waals surface area contributed by atoms with E-state index in [-0.39, 0.29) is 5.82 Å². The van der Waals surface area contributed by atoms with Gasteiger partial charge in [0, 0.05) is 19.0 Å². The molecule has 5 heteroatoms. The highest BCUT2D eigenvalue weighted by Crippen LogP contribution is 2.21. The van der Waals surface area contributed by atoms with Crippen molar-refractivity contribution < 1.29 is 4.39 Å². The van der Waals surface area contributed by atoms with Gasteiger partial charge in [-0.3, -0.25) is 0 Å². The number of rotatable bonds is 7. The van der Waals surface area contributed by atoms with Crippen LogP contribution in [0.5, 0.6) is 0 Å². The van der Waals surface area contributed by atoms with Gasteiger partial charge in [0.1, 0.15) is 5.82 Å². The average molecular weight is 307 g/mol. The molecule has 1 aromatic heterocycles. The lowest BCUT2D eigenvalue weighted by Gasteiger charge is -2.19. The highest BCUT2D eigenvalue weighted by Gasteiger charge is 2.10. The van der Waals surface area contributed by atoms with Crippen LogP contribution in [0, 0.1) is 12.7 Å². The number of nitrogens with zero attached hydrogens (tertiary/aromatic N) is 2. The minimum atomic E-state index is -0.180. The molecule has 0 bridgehead atoms. The van der Waals surface area contributed by atoms with E-state index in [9.17, 15) is 4.39 Å². The highest BCUT2D eigenvalue weighted by atomic mass is 32.1. The first-order chi connectivity index (χ1) is 10.1. The van der Waals surface area contributed by atoms with E-state index in [0.717, 1.165) is 29.2 Å². The Hall–Kier alpha value is -1.46. The molecule has 21 heavy (non-hydrogen) atoms. The molecule has 0 fully saturated rings. The summed E-state index contributed by atoms with van der Waals surface area (Å²) in [5.41, 5.74) is 2.57. The molecule has 3 nitrogen and oxygen atoms in total. The topological polar surface area (TPSA) is 28.2 Å². The van der Waals surface area contributed by atoms with Crippen molar-refractivity contribution in [3.8, 4) is 0 Å². The van der Waals surface area contributed by atoms with Crippen LogP contribution in [0.4, 0.5) is 10.1 Å². The number of aromatic nitrogens is 1. The molecule has 2 rings (SSSR count). The minimum absolute atomic E-state index is 0.180. The van der Waals surface area contributed by atoms with Gasteiger partial charge in [-0.05, 0) is 37.6 Å². The van der Waals surface area contributed by atoms with Gasteiger partial charge < -0.3 is 10.2 Å². The number of nitrogens with one attached hydrogen (secondary N) is 1. The summed E-state index contributed by atoms with van der Waals surface area (Å²) in [6, 6.07) is 5.43. The Balaban J connectivity index is 2.02. The molecule has 0 saturated carbocycles. The van der Waals surface area contributed by atoms with Crippen LogP contribution in [0.1, 0.15) is 29.6 Å². The van der Waals surface area contributed by atoms with Crippen molar-refractivity contribution in [1.29, 1.82) is 0 Å². The summed E-state index contributed by atoms with van der Waals surface area (Å²) in [6.07, 6.45) is 1.08. The van der Waals surface area contributed by atoms with Gasteiger partial charge in [0.2, 0.25) is 0 Å². The zero-order chi connectivity index (χ0) is 15.2. The van der Waals surface area contributed by atoms with Crippen LogP contribution in [0.15, 0.2) is 23.6 Å². The number of thiazole rings is 1. The maximum atomic E-state index is 14.2. The Morgan fingerprint density at radius 2 is 2.19 bits per heavy atom. The fourth-order valence-corrected chi connectivity index (χ4v) is 2.79. The molecule has 0 amide bonds. The summed E-state index contributed by atoms with van der Waals surface area (Å²) >= 11 is 1.62. The highest BCUT2D eigenvalue weighted by molar-refractivity contribution is 7.09. The van der Waals surface area contributed by atoms with Crippen LogP contribution in [-0.2, 0) is 13.1 Å². The Kier molecular flexibility index (Phi) is 5.70. The van der Waals surface area contributed by atoms with Crippen molar-refractivity contribution in [2.45, 2.75) is 33.4 Å². The minimum Gasteiger partial charge on any atom is -0.366 e. The lowest BCUT2D eigenvalue weighted by molar-refractivity contribution is 0.614. The number of aryl methyl sites for hydroxylation is 1. The molecule has 1 aromatic carbocycles. The molecule has 1 heterocycles. The molecule has 0 radical (unpaired) electrons. The van der Waals surface area contributed by atoms with E-state index in [1.807, 2.05) is 36.4 Å². The third kappa shape index (κ3) is 4.51. The lowest BCUT2D eigenvalue weighted by Crippen LogP contribution is -2.19. The fraction of sp³-hybridized carbons (Fsp3) is 0.438. The fourth-order valence-electron chi connectivity index (χ4n) is 2.19. The second kappa shape index (κ2) is 7.52. The monoisotopic (exact) mass is 307 g/mol. The Bertz CT molecular complexity index is 583. The number of hydrogen-bond donors (Lipinski definition) is 1. The third-order valence-corrected chi connectivity index (χ3v) is 4.07. The van der Waals surface area contributed by atoms with E-state index in [1.54, 1.807) is 17.4 Å². The molecule has 1 N–H and O–H groups in total. The van der Waals surface area contributed by atoms with E-state index >= 15 is 0 Å². The van der Waals surface area contributed by atoms with E-state index < -0.39 is 0 Å². The van der Waals surface area contributed by atoms with Gasteiger partial charge >= 0.3 is 0 Å². The first-order valence-electron chi connectivity index (χ1n) is 7.21. The van der Waals surface area contributed by atoms with Crippen molar-refractivity contribution in [2.24, 2.45) is 0 Å². The maximum absolute atomic E-state index is 14.2. The largest absolute Gasteiger partial charge is 0.366 e. The molecule has 0 atom stereocenters. The normalized spacial score (nSPS) is 10.9. The number of benzene rings is 1. The van der Waals surface area contributed by atoms with Crippen LogP contribution >= 0.6 is 11.3 Å². The maximum Gasteiger partial charge on any atom is 0.146 e. The summed E-state index contributed by atoms with van der Waals surface area (Å²) < 4.78 is 14.2. The first-order valence-corrected chi connectivity index (χ1v) is 8.09. The van der Waals surface area contributed by atoms with E-state index in [4.69, 9.17) is 0 Å². The standard InChI is InChI=1S/C16H22FN3S/c1-4-7-18-9-13-5-6-16(15(17)8-13)20(3)10-14-11-21-12(2)19-14/h5-6,8,11,18H,4,7,9-10H2,1-3H3. The van der Waals surface area contributed by atoms with Gasteiger partial charge in [0.05, 0.1) is 22.9 Å². The Morgan fingerprint density at radius 3 is 2.81 bits per heavy atom. The molecule has 0 unspecified atom stereocenters. The van der Waals surface area contributed by atoms with E-state index in [0.29, 0.717) is 18.8 Å². The van der Waals surface area contributed by atoms with Crippen molar-refractivity contribution in [2.75, 3.05) is 18.5 Å². The smallest absolute Gasteiger partial charge is 0.146 e. The van der Waals surface area contributed by atoms with Gasteiger partial charge in [-0.2, -0.15) is 0 Å². The zero-order valence-electron chi connectivity index (χ0n) is 12.8. The molecular formula is C16H22FN3S. The molecule has 114 valence electrons. The van der Waals surface area contributed by atoms with Crippen molar-refractivity contribution in [1.82, 2.24) is 10.3 Å². The Morgan fingerprint density at radius 1 is 1.38 bits per heavy atom. The van der Waals surface area contributed by atoms with Crippen LogP contribution in [0.25, 0.3) is 0 Å². The number of anilines is 1. The summed E-state index contributed by atoms with van der Waals surface area (Å²) in [5.74, 6) is -0.180. The molecule has 0 aliphatic carbocycles. The quantitative estimate of drug-likeness (QED) is 0.790. The molecule has 0 aliphatic rings. The predicted molar refractivity (Wildman–Crippen MR) is 87.4 cm³/mol.